The molecule has 98 valence electrons. The second kappa shape index (κ2) is 6.95. The van der Waals surface area contributed by atoms with Gasteiger partial charge in [-0.1, -0.05) is 0 Å². The van der Waals surface area contributed by atoms with E-state index in [9.17, 15) is 0 Å². The summed E-state index contributed by atoms with van der Waals surface area (Å²) in [6.07, 6.45) is 4.53. The van der Waals surface area contributed by atoms with Crippen molar-refractivity contribution in [3.8, 4) is 6.07 Å². The molecule has 0 aromatic heterocycles. The molecule has 0 amide bonds. The van der Waals surface area contributed by atoms with Gasteiger partial charge in [-0.2, -0.15) is 5.26 Å². The predicted molar refractivity (Wildman–Crippen MR) is 68.5 cm³/mol. The molecule has 1 rings (SSSR count). The van der Waals surface area contributed by atoms with E-state index < -0.39 is 5.54 Å². The number of nitrogens with zero attached hydrogens (tertiary/aromatic N) is 2. The van der Waals surface area contributed by atoms with Crippen LogP contribution in [-0.2, 0) is 4.74 Å². The molecule has 1 aliphatic rings. The Morgan fingerprint density at radius 3 is 3.00 bits per heavy atom. The Labute approximate surface area is 105 Å². The summed E-state index contributed by atoms with van der Waals surface area (Å²) in [5.74, 6) is 0. The number of hydrogen-bond acceptors (Lipinski definition) is 4. The largest absolute Gasteiger partial charge is 0.377 e. The zero-order valence-electron chi connectivity index (χ0n) is 11.1. The number of ether oxygens (including phenoxy) is 1. The van der Waals surface area contributed by atoms with Gasteiger partial charge in [-0.3, -0.25) is 0 Å². The quantitative estimate of drug-likeness (QED) is 0.763. The van der Waals surface area contributed by atoms with Crippen molar-refractivity contribution in [2.75, 3.05) is 26.2 Å². The summed E-state index contributed by atoms with van der Waals surface area (Å²) in [5.41, 5.74) is 5.13. The summed E-state index contributed by atoms with van der Waals surface area (Å²) >= 11 is 0. The minimum absolute atomic E-state index is 0.397. The molecule has 17 heavy (non-hydrogen) atoms. The highest BCUT2D eigenvalue weighted by Crippen LogP contribution is 2.15. The van der Waals surface area contributed by atoms with Crippen LogP contribution >= 0.6 is 0 Å². The van der Waals surface area contributed by atoms with E-state index in [2.05, 4.69) is 11.0 Å². The molecule has 0 radical (unpaired) electrons. The average Bonchev–Trinajstić information content (AvgIpc) is 2.30. The van der Waals surface area contributed by atoms with Crippen molar-refractivity contribution in [3.63, 3.8) is 0 Å². The molecule has 1 heterocycles. The van der Waals surface area contributed by atoms with E-state index in [1.807, 2.05) is 6.92 Å². The molecule has 0 bridgehead atoms. The van der Waals surface area contributed by atoms with Crippen LogP contribution in [0.5, 0.6) is 0 Å². The van der Waals surface area contributed by atoms with Crippen LogP contribution < -0.4 is 5.73 Å². The van der Waals surface area contributed by atoms with Gasteiger partial charge in [-0.25, -0.2) is 0 Å². The maximum atomic E-state index is 8.83. The molecule has 1 fully saturated rings. The van der Waals surface area contributed by atoms with Crippen LogP contribution in [-0.4, -0.2) is 42.8 Å². The van der Waals surface area contributed by atoms with Gasteiger partial charge in [0.15, 0.2) is 0 Å². The summed E-state index contributed by atoms with van der Waals surface area (Å²) in [4.78, 5) is 2.43. The van der Waals surface area contributed by atoms with Crippen molar-refractivity contribution in [1.29, 1.82) is 5.26 Å². The van der Waals surface area contributed by atoms with Crippen molar-refractivity contribution in [2.24, 2.45) is 5.73 Å². The SMILES string of the molecule is CCOC1CCCN(CCCC(C)(N)C#N)C1. The maximum Gasteiger partial charge on any atom is 0.101 e. The Hall–Kier alpha value is -0.630. The van der Waals surface area contributed by atoms with Crippen LogP contribution in [0.2, 0.25) is 0 Å². The first-order valence-electron chi connectivity index (χ1n) is 6.61. The lowest BCUT2D eigenvalue weighted by Gasteiger charge is -2.32. The van der Waals surface area contributed by atoms with Gasteiger partial charge >= 0.3 is 0 Å². The molecule has 2 N–H and O–H groups in total. The fourth-order valence-corrected chi connectivity index (χ4v) is 2.31. The highest BCUT2D eigenvalue weighted by Gasteiger charge is 2.21. The van der Waals surface area contributed by atoms with Gasteiger partial charge in [0.25, 0.3) is 0 Å². The molecule has 1 saturated heterocycles. The summed E-state index contributed by atoms with van der Waals surface area (Å²) in [5, 5.41) is 8.83. The Balaban J connectivity index is 2.21. The zero-order chi connectivity index (χ0) is 12.7. The second-order valence-corrected chi connectivity index (χ2v) is 5.15. The fraction of sp³-hybridized carbons (Fsp3) is 0.923. The topological polar surface area (TPSA) is 62.3 Å². The van der Waals surface area contributed by atoms with Gasteiger partial charge in [0, 0.05) is 13.2 Å². The molecule has 0 aromatic carbocycles. The predicted octanol–water partition coefficient (Wildman–Crippen LogP) is 1.51. The van der Waals surface area contributed by atoms with E-state index in [0.29, 0.717) is 6.10 Å². The Morgan fingerprint density at radius 1 is 1.59 bits per heavy atom. The van der Waals surface area contributed by atoms with Crippen molar-refractivity contribution in [3.05, 3.63) is 0 Å². The van der Waals surface area contributed by atoms with Crippen LogP contribution in [0.3, 0.4) is 0 Å². The molecule has 0 aromatic rings. The summed E-state index contributed by atoms with van der Waals surface area (Å²) < 4.78 is 5.66. The Kier molecular flexibility index (Phi) is 5.90. The molecule has 1 aliphatic heterocycles. The first-order chi connectivity index (χ1) is 8.07. The first kappa shape index (κ1) is 14.4. The number of likely N-dealkylation sites (tertiary alicyclic amines) is 1. The zero-order valence-corrected chi connectivity index (χ0v) is 11.1. The number of nitriles is 1. The van der Waals surface area contributed by atoms with Gasteiger partial charge in [-0.15, -0.1) is 0 Å². The number of piperidine rings is 1. The van der Waals surface area contributed by atoms with Gasteiger partial charge in [0.1, 0.15) is 5.54 Å². The van der Waals surface area contributed by atoms with Crippen molar-refractivity contribution < 1.29 is 4.74 Å². The van der Waals surface area contributed by atoms with E-state index in [1.165, 1.54) is 12.8 Å². The van der Waals surface area contributed by atoms with E-state index in [0.717, 1.165) is 39.1 Å². The van der Waals surface area contributed by atoms with Gasteiger partial charge < -0.3 is 15.4 Å². The molecule has 0 aliphatic carbocycles. The lowest BCUT2D eigenvalue weighted by atomic mass is 9.98. The van der Waals surface area contributed by atoms with Crippen LogP contribution in [0.15, 0.2) is 0 Å². The third-order valence-corrected chi connectivity index (χ3v) is 3.29. The standard InChI is InChI=1S/C13H25N3O/c1-3-17-12-6-4-8-16(10-12)9-5-7-13(2,15)11-14/h12H,3-10,15H2,1-2H3. The van der Waals surface area contributed by atoms with Crippen LogP contribution in [0.25, 0.3) is 0 Å². The molecule has 2 atom stereocenters. The number of nitrogens with two attached hydrogens (primary N) is 1. The molecular formula is C13H25N3O. The lowest BCUT2D eigenvalue weighted by molar-refractivity contribution is 0.00542. The highest BCUT2D eigenvalue weighted by molar-refractivity contribution is 5.00. The van der Waals surface area contributed by atoms with Crippen LogP contribution in [0.1, 0.15) is 39.5 Å². The van der Waals surface area contributed by atoms with E-state index in [1.54, 1.807) is 6.92 Å². The number of hydrogen-bond donors (Lipinski definition) is 1. The highest BCUT2D eigenvalue weighted by atomic mass is 16.5. The molecule has 4 heteroatoms. The summed E-state index contributed by atoms with van der Waals surface area (Å²) in [7, 11) is 0. The Bertz CT molecular complexity index is 258. The average molecular weight is 239 g/mol. The van der Waals surface area contributed by atoms with Crippen molar-refractivity contribution in [2.45, 2.75) is 51.2 Å². The van der Waals surface area contributed by atoms with Crippen molar-refractivity contribution >= 4 is 0 Å². The second-order valence-electron chi connectivity index (χ2n) is 5.15. The van der Waals surface area contributed by atoms with E-state index >= 15 is 0 Å². The molecule has 0 saturated carbocycles. The minimum atomic E-state index is -0.672. The summed E-state index contributed by atoms with van der Waals surface area (Å²) in [6.45, 7) is 7.85. The molecule has 2 unspecified atom stereocenters. The lowest BCUT2D eigenvalue weighted by Crippen LogP contribution is -2.41. The molecule has 4 nitrogen and oxygen atoms in total. The third-order valence-electron chi connectivity index (χ3n) is 3.29. The van der Waals surface area contributed by atoms with E-state index in [-0.39, 0.29) is 0 Å². The van der Waals surface area contributed by atoms with Gasteiger partial charge in [0.2, 0.25) is 0 Å². The van der Waals surface area contributed by atoms with Crippen LogP contribution in [0.4, 0.5) is 0 Å². The monoisotopic (exact) mass is 239 g/mol. The summed E-state index contributed by atoms with van der Waals surface area (Å²) in [6, 6.07) is 2.14. The van der Waals surface area contributed by atoms with E-state index in [4.69, 9.17) is 15.7 Å². The normalized spacial score (nSPS) is 25.2. The van der Waals surface area contributed by atoms with Crippen molar-refractivity contribution in [1.82, 2.24) is 4.90 Å². The van der Waals surface area contributed by atoms with Gasteiger partial charge in [0.05, 0.1) is 12.2 Å². The van der Waals surface area contributed by atoms with Gasteiger partial charge in [-0.05, 0) is 52.6 Å². The molecular weight excluding hydrogens is 214 g/mol. The number of rotatable bonds is 6. The first-order valence-corrected chi connectivity index (χ1v) is 6.61. The smallest absolute Gasteiger partial charge is 0.101 e. The molecule has 0 spiro atoms. The third kappa shape index (κ3) is 5.49. The maximum absolute atomic E-state index is 8.83. The Morgan fingerprint density at radius 2 is 2.35 bits per heavy atom. The minimum Gasteiger partial charge on any atom is -0.377 e. The fourth-order valence-electron chi connectivity index (χ4n) is 2.31. The van der Waals surface area contributed by atoms with Crippen LogP contribution in [0, 0.1) is 11.3 Å².